The maximum Gasteiger partial charge on any atom is 0.282 e. The Hall–Kier alpha value is -3.37. The van der Waals surface area contributed by atoms with E-state index in [9.17, 15) is 9.59 Å². The van der Waals surface area contributed by atoms with Crippen LogP contribution in [-0.2, 0) is 9.59 Å². The van der Waals surface area contributed by atoms with Crippen molar-refractivity contribution < 1.29 is 9.59 Å². The lowest BCUT2D eigenvalue weighted by molar-refractivity contribution is -0.120. The van der Waals surface area contributed by atoms with E-state index in [1.54, 1.807) is 25.1 Å². The fourth-order valence-electron chi connectivity index (χ4n) is 3.72. The number of carbonyl (C=O) groups is 2. The molecule has 3 aromatic carbocycles. The molecular formula is C26H23ClN2O2. The monoisotopic (exact) mass is 430 g/mol. The molecule has 0 aliphatic carbocycles. The summed E-state index contributed by atoms with van der Waals surface area (Å²) in [4.78, 5) is 28.4. The van der Waals surface area contributed by atoms with Crippen LogP contribution in [-0.4, -0.2) is 11.8 Å². The van der Waals surface area contributed by atoms with Crippen LogP contribution in [0, 0.1) is 27.7 Å². The normalized spacial score (nSPS) is 13.9. The van der Waals surface area contributed by atoms with Crippen LogP contribution in [0.15, 0.2) is 66.4 Å². The number of anilines is 2. The van der Waals surface area contributed by atoms with Gasteiger partial charge in [-0.15, -0.1) is 0 Å². The van der Waals surface area contributed by atoms with Crippen LogP contribution in [0.2, 0.25) is 5.02 Å². The van der Waals surface area contributed by atoms with Gasteiger partial charge in [0, 0.05) is 10.7 Å². The minimum atomic E-state index is -0.396. The fourth-order valence-corrected chi connectivity index (χ4v) is 3.88. The molecule has 0 radical (unpaired) electrons. The van der Waals surface area contributed by atoms with Gasteiger partial charge in [-0.2, -0.15) is 0 Å². The average molecular weight is 431 g/mol. The summed E-state index contributed by atoms with van der Waals surface area (Å²) in [6.07, 6.45) is 0. The van der Waals surface area contributed by atoms with Crippen molar-refractivity contribution in [3.8, 4) is 0 Å². The summed E-state index contributed by atoms with van der Waals surface area (Å²) in [5, 5.41) is 3.75. The van der Waals surface area contributed by atoms with E-state index >= 15 is 0 Å². The quantitative estimate of drug-likeness (QED) is 0.518. The first-order chi connectivity index (χ1) is 14.8. The molecular weight excluding hydrogens is 408 g/mol. The summed E-state index contributed by atoms with van der Waals surface area (Å²) < 4.78 is 0. The van der Waals surface area contributed by atoms with Gasteiger partial charge >= 0.3 is 0 Å². The predicted molar refractivity (Wildman–Crippen MR) is 126 cm³/mol. The second-order valence-electron chi connectivity index (χ2n) is 7.82. The van der Waals surface area contributed by atoms with Crippen molar-refractivity contribution in [2.75, 3.05) is 10.2 Å². The Morgan fingerprint density at radius 1 is 0.774 bits per heavy atom. The minimum Gasteiger partial charge on any atom is -0.350 e. The molecule has 31 heavy (non-hydrogen) atoms. The highest BCUT2D eigenvalue weighted by Crippen LogP contribution is 2.37. The smallest absolute Gasteiger partial charge is 0.282 e. The fraction of sp³-hybridized carbons (Fsp3) is 0.154. The topological polar surface area (TPSA) is 49.4 Å². The highest BCUT2D eigenvalue weighted by atomic mass is 35.5. The maximum absolute atomic E-state index is 13.6. The first-order valence-electron chi connectivity index (χ1n) is 10.1. The molecule has 1 N–H and O–H groups in total. The number of halogens is 1. The Labute approximate surface area is 187 Å². The maximum atomic E-state index is 13.6. The number of nitrogens with one attached hydrogen (secondary N) is 1. The van der Waals surface area contributed by atoms with Gasteiger partial charge in [-0.1, -0.05) is 54.1 Å². The third-order valence-electron chi connectivity index (χ3n) is 5.76. The van der Waals surface area contributed by atoms with Gasteiger partial charge < -0.3 is 5.32 Å². The lowest BCUT2D eigenvalue weighted by atomic mass is 9.99. The predicted octanol–water partition coefficient (Wildman–Crippen LogP) is 5.97. The lowest BCUT2D eigenvalue weighted by Crippen LogP contribution is -2.33. The summed E-state index contributed by atoms with van der Waals surface area (Å²) in [6.45, 7) is 7.77. The number of hydrogen-bond donors (Lipinski definition) is 1. The van der Waals surface area contributed by atoms with E-state index in [0.717, 1.165) is 22.4 Å². The number of aryl methyl sites for hydroxylation is 3. The molecule has 0 atom stereocenters. The van der Waals surface area contributed by atoms with Gasteiger partial charge in [-0.3, -0.25) is 9.59 Å². The van der Waals surface area contributed by atoms with Crippen LogP contribution in [0.25, 0.3) is 5.57 Å². The highest BCUT2D eigenvalue weighted by molar-refractivity contribution is 6.46. The third-order valence-corrected chi connectivity index (χ3v) is 6.17. The molecule has 4 rings (SSSR count). The first-order valence-corrected chi connectivity index (χ1v) is 10.5. The molecule has 0 unspecified atom stereocenters. The number of carbonyl (C=O) groups excluding carboxylic acids is 2. The second kappa shape index (κ2) is 8.05. The summed E-state index contributed by atoms with van der Waals surface area (Å²) in [5.74, 6) is -0.762. The number of amides is 2. The Morgan fingerprint density at radius 3 is 2.23 bits per heavy atom. The Bertz CT molecular complexity index is 1260. The van der Waals surface area contributed by atoms with Gasteiger partial charge in [0.15, 0.2) is 0 Å². The van der Waals surface area contributed by atoms with E-state index in [2.05, 4.69) is 5.32 Å². The zero-order valence-corrected chi connectivity index (χ0v) is 18.7. The molecule has 1 aliphatic heterocycles. The van der Waals surface area contributed by atoms with Gasteiger partial charge in [-0.25, -0.2) is 4.90 Å². The summed E-state index contributed by atoms with van der Waals surface area (Å²) >= 11 is 6.29. The number of rotatable bonds is 4. The van der Waals surface area contributed by atoms with Crippen molar-refractivity contribution in [3.63, 3.8) is 0 Å². The van der Waals surface area contributed by atoms with E-state index in [1.807, 2.05) is 63.2 Å². The van der Waals surface area contributed by atoms with Gasteiger partial charge in [0.2, 0.25) is 0 Å². The van der Waals surface area contributed by atoms with E-state index < -0.39 is 5.91 Å². The zero-order chi connectivity index (χ0) is 22.3. The largest absolute Gasteiger partial charge is 0.350 e. The van der Waals surface area contributed by atoms with Crippen molar-refractivity contribution in [2.45, 2.75) is 27.7 Å². The number of nitrogens with zero attached hydrogens (tertiary/aromatic N) is 1. The average Bonchev–Trinajstić information content (AvgIpc) is 2.98. The Kier molecular flexibility index (Phi) is 5.42. The van der Waals surface area contributed by atoms with Gasteiger partial charge in [0.05, 0.1) is 11.3 Å². The molecule has 0 aromatic heterocycles. The van der Waals surface area contributed by atoms with Crippen LogP contribution in [0.4, 0.5) is 11.4 Å². The van der Waals surface area contributed by atoms with Gasteiger partial charge in [-0.05, 0) is 73.7 Å². The Morgan fingerprint density at radius 2 is 1.52 bits per heavy atom. The first kappa shape index (κ1) is 20.9. The molecule has 156 valence electrons. The van der Waals surface area contributed by atoms with Crippen molar-refractivity contribution in [1.29, 1.82) is 0 Å². The molecule has 1 heterocycles. The summed E-state index contributed by atoms with van der Waals surface area (Å²) in [6, 6.07) is 18.7. The van der Waals surface area contributed by atoms with Crippen molar-refractivity contribution in [1.82, 2.24) is 0 Å². The molecule has 2 amide bonds. The molecule has 1 aliphatic rings. The molecule has 0 saturated carbocycles. The number of benzene rings is 3. The van der Waals surface area contributed by atoms with Gasteiger partial charge in [0.1, 0.15) is 5.70 Å². The number of imide groups is 1. The number of para-hydroxylation sites is 1. The molecule has 0 bridgehead atoms. The van der Waals surface area contributed by atoms with E-state index in [1.165, 1.54) is 4.90 Å². The Balaban J connectivity index is 1.89. The van der Waals surface area contributed by atoms with E-state index in [4.69, 9.17) is 11.6 Å². The molecule has 0 saturated heterocycles. The molecule has 5 heteroatoms. The van der Waals surface area contributed by atoms with E-state index in [0.29, 0.717) is 27.4 Å². The SMILES string of the molecule is Cc1ccc(C2=C(Nc3ccccc3C)C(=O)N(c3cccc(Cl)c3C)C2=O)cc1C. The minimum absolute atomic E-state index is 0.266. The van der Waals surface area contributed by atoms with Crippen molar-refractivity contribution in [2.24, 2.45) is 0 Å². The van der Waals surface area contributed by atoms with Crippen molar-refractivity contribution in [3.05, 3.63) is 99.2 Å². The zero-order valence-electron chi connectivity index (χ0n) is 17.9. The second-order valence-corrected chi connectivity index (χ2v) is 8.23. The van der Waals surface area contributed by atoms with Crippen LogP contribution in [0.5, 0.6) is 0 Å². The van der Waals surface area contributed by atoms with Crippen LogP contribution < -0.4 is 10.2 Å². The lowest BCUT2D eigenvalue weighted by Gasteiger charge is -2.18. The molecule has 0 fully saturated rings. The standard InChI is InChI=1S/C26H23ClN2O2/c1-15-12-13-19(14-17(15)3)23-24(28-21-10-6-5-8-16(21)2)26(31)29(25(23)30)22-11-7-9-20(27)18(22)4/h5-14,28H,1-4H3. The van der Waals surface area contributed by atoms with Crippen molar-refractivity contribution >= 4 is 40.4 Å². The summed E-state index contributed by atoms with van der Waals surface area (Å²) in [7, 11) is 0. The molecule has 3 aromatic rings. The van der Waals surface area contributed by atoms with Crippen LogP contribution in [0.1, 0.15) is 27.8 Å². The highest BCUT2D eigenvalue weighted by Gasteiger charge is 2.41. The van der Waals surface area contributed by atoms with Crippen LogP contribution >= 0.6 is 11.6 Å². The summed E-state index contributed by atoms with van der Waals surface area (Å²) in [5.41, 5.74) is 6.44. The molecule has 4 nitrogen and oxygen atoms in total. The molecule has 0 spiro atoms. The van der Waals surface area contributed by atoms with E-state index in [-0.39, 0.29) is 11.6 Å². The third kappa shape index (κ3) is 3.64. The van der Waals surface area contributed by atoms with Gasteiger partial charge in [0.25, 0.3) is 11.8 Å². The number of hydrogen-bond acceptors (Lipinski definition) is 3. The van der Waals surface area contributed by atoms with Crippen LogP contribution in [0.3, 0.4) is 0 Å².